The normalized spacial score (nSPS) is 15.2. The Hall–Kier alpha value is -2.67. The summed E-state index contributed by atoms with van der Waals surface area (Å²) in [7, 11) is 0. The zero-order valence-corrected chi connectivity index (χ0v) is 19.5. The lowest BCUT2D eigenvalue weighted by atomic mass is 9.89. The molecule has 0 saturated heterocycles. The fourth-order valence-electron chi connectivity index (χ4n) is 4.07. The molecule has 0 bridgehead atoms. The monoisotopic (exact) mass is 438 g/mol. The Morgan fingerprint density at radius 1 is 1.16 bits per heavy atom. The highest BCUT2D eigenvalue weighted by molar-refractivity contribution is 5.84. The molecule has 1 fully saturated rings. The maximum atomic E-state index is 12.9. The maximum Gasteiger partial charge on any atom is 0.242 e. The van der Waals surface area contributed by atoms with Crippen LogP contribution in [0.5, 0.6) is 0 Å². The van der Waals surface area contributed by atoms with Gasteiger partial charge in [-0.25, -0.2) is 4.98 Å². The molecule has 0 unspecified atom stereocenters. The lowest BCUT2D eigenvalue weighted by Crippen LogP contribution is -2.40. The highest BCUT2D eigenvalue weighted by Gasteiger charge is 2.20. The summed E-state index contributed by atoms with van der Waals surface area (Å²) in [5.41, 5.74) is 8.91. The van der Waals surface area contributed by atoms with Gasteiger partial charge in [-0.1, -0.05) is 49.1 Å². The third-order valence-electron chi connectivity index (χ3n) is 6.16. The Kier molecular flexibility index (Phi) is 9.28. The van der Waals surface area contributed by atoms with Gasteiger partial charge in [0, 0.05) is 24.8 Å². The average molecular weight is 439 g/mol. The van der Waals surface area contributed by atoms with E-state index in [1.54, 1.807) is 0 Å². The van der Waals surface area contributed by atoms with Gasteiger partial charge >= 0.3 is 0 Å². The third-order valence-corrected chi connectivity index (χ3v) is 6.16. The van der Waals surface area contributed by atoms with Crippen LogP contribution in [0, 0.1) is 19.8 Å². The molecule has 7 heteroatoms. The number of hydrogen-bond donors (Lipinski definition) is 4. The zero-order chi connectivity index (χ0) is 22.8. The summed E-state index contributed by atoms with van der Waals surface area (Å²) in [6, 6.07) is 7.78. The Bertz CT molecular complexity index is 848. The minimum absolute atomic E-state index is 0.0475. The molecule has 0 aliphatic heterocycles. The molecule has 0 spiro atoms. The topological polar surface area (TPSA) is 105 Å². The second-order valence-electron chi connectivity index (χ2n) is 8.94. The van der Waals surface area contributed by atoms with Crippen molar-refractivity contribution in [3.05, 3.63) is 47.2 Å². The SMILES string of the molecule is Cc1ccc(CNC(=O)[C@H](CCCN)Nc2nc(NCC3CCCCC3)ncc2C)cc1. The van der Waals surface area contributed by atoms with Gasteiger partial charge < -0.3 is 21.7 Å². The van der Waals surface area contributed by atoms with Crippen molar-refractivity contribution in [2.75, 3.05) is 23.7 Å². The first-order valence-corrected chi connectivity index (χ1v) is 11.9. The van der Waals surface area contributed by atoms with E-state index in [9.17, 15) is 4.79 Å². The largest absolute Gasteiger partial charge is 0.358 e. The van der Waals surface area contributed by atoms with Crippen LogP contribution >= 0.6 is 0 Å². The van der Waals surface area contributed by atoms with Crippen molar-refractivity contribution in [1.82, 2.24) is 15.3 Å². The number of nitrogens with one attached hydrogen (secondary N) is 3. The first-order chi connectivity index (χ1) is 15.5. The highest BCUT2D eigenvalue weighted by Crippen LogP contribution is 2.24. The molecule has 7 nitrogen and oxygen atoms in total. The van der Waals surface area contributed by atoms with Crippen molar-refractivity contribution in [3.8, 4) is 0 Å². The number of hydrogen-bond acceptors (Lipinski definition) is 6. The van der Waals surface area contributed by atoms with E-state index in [4.69, 9.17) is 5.73 Å². The molecule has 1 amide bonds. The quantitative estimate of drug-likeness (QED) is 0.424. The molecule has 174 valence electrons. The number of rotatable bonds is 11. The molecule has 3 rings (SSSR count). The molecule has 32 heavy (non-hydrogen) atoms. The van der Waals surface area contributed by atoms with Gasteiger partial charge in [-0.15, -0.1) is 0 Å². The molecular weight excluding hydrogens is 400 g/mol. The Morgan fingerprint density at radius 3 is 2.62 bits per heavy atom. The predicted octanol–water partition coefficient (Wildman–Crippen LogP) is 3.92. The highest BCUT2D eigenvalue weighted by atomic mass is 16.2. The summed E-state index contributed by atoms with van der Waals surface area (Å²) < 4.78 is 0. The summed E-state index contributed by atoms with van der Waals surface area (Å²) in [5.74, 6) is 1.95. The van der Waals surface area contributed by atoms with Crippen LogP contribution in [0.2, 0.25) is 0 Å². The standard InChI is InChI=1S/C25H38N6O/c1-18-10-12-21(13-11-18)16-27-24(32)22(9-6-14-26)30-23-19(2)15-28-25(31-23)29-17-20-7-4-3-5-8-20/h10-13,15,20,22H,3-9,14,16-17,26H2,1-2H3,(H,27,32)(H2,28,29,30,31)/t22-/m0/s1. The molecule has 5 N–H and O–H groups in total. The van der Waals surface area contributed by atoms with Gasteiger partial charge in [-0.3, -0.25) is 4.79 Å². The van der Waals surface area contributed by atoms with Crippen molar-refractivity contribution in [2.45, 2.75) is 71.4 Å². The van der Waals surface area contributed by atoms with Gasteiger partial charge in [-0.2, -0.15) is 4.98 Å². The Balaban J connectivity index is 1.61. The van der Waals surface area contributed by atoms with Crippen molar-refractivity contribution in [3.63, 3.8) is 0 Å². The van der Waals surface area contributed by atoms with Crippen LogP contribution in [-0.2, 0) is 11.3 Å². The fourth-order valence-corrected chi connectivity index (χ4v) is 4.07. The van der Waals surface area contributed by atoms with Crippen LogP contribution in [0.25, 0.3) is 0 Å². The van der Waals surface area contributed by atoms with E-state index in [2.05, 4.69) is 45.0 Å². The molecule has 1 aromatic carbocycles. The van der Waals surface area contributed by atoms with Gasteiger partial charge in [0.2, 0.25) is 11.9 Å². The summed E-state index contributed by atoms with van der Waals surface area (Å²) in [6.07, 6.45) is 9.73. The van der Waals surface area contributed by atoms with E-state index in [0.717, 1.165) is 24.1 Å². The number of benzene rings is 1. The van der Waals surface area contributed by atoms with Gasteiger partial charge in [0.15, 0.2) is 0 Å². The summed E-state index contributed by atoms with van der Waals surface area (Å²) in [4.78, 5) is 22.1. The number of aryl methyl sites for hydroxylation is 2. The first-order valence-electron chi connectivity index (χ1n) is 11.9. The number of carbonyl (C=O) groups is 1. The molecule has 1 aromatic heterocycles. The van der Waals surface area contributed by atoms with Gasteiger partial charge in [-0.05, 0) is 57.6 Å². The van der Waals surface area contributed by atoms with Gasteiger partial charge in [0.25, 0.3) is 0 Å². The summed E-state index contributed by atoms with van der Waals surface area (Å²) in [6.45, 7) is 5.95. The Morgan fingerprint density at radius 2 is 1.91 bits per heavy atom. The average Bonchev–Trinajstić information content (AvgIpc) is 2.82. The lowest BCUT2D eigenvalue weighted by molar-refractivity contribution is -0.122. The predicted molar refractivity (Wildman–Crippen MR) is 131 cm³/mol. The molecule has 2 aromatic rings. The van der Waals surface area contributed by atoms with E-state index >= 15 is 0 Å². The van der Waals surface area contributed by atoms with Gasteiger partial charge in [0.1, 0.15) is 11.9 Å². The smallest absolute Gasteiger partial charge is 0.242 e. The molecule has 1 aliphatic carbocycles. The van der Waals surface area contributed by atoms with E-state index in [1.165, 1.54) is 37.7 Å². The Labute approximate surface area is 192 Å². The van der Waals surface area contributed by atoms with Crippen molar-refractivity contribution < 1.29 is 4.79 Å². The van der Waals surface area contributed by atoms with E-state index in [0.29, 0.717) is 37.2 Å². The molecular formula is C25H38N6O. The summed E-state index contributed by atoms with van der Waals surface area (Å²) >= 11 is 0. The molecule has 1 atom stereocenters. The number of amides is 1. The third kappa shape index (κ3) is 7.48. The van der Waals surface area contributed by atoms with E-state index in [1.807, 2.05) is 25.3 Å². The van der Waals surface area contributed by atoms with Crippen LogP contribution in [-0.4, -0.2) is 35.0 Å². The minimum Gasteiger partial charge on any atom is -0.358 e. The van der Waals surface area contributed by atoms with Crippen LogP contribution in [0.1, 0.15) is 61.6 Å². The fraction of sp³-hybridized carbons (Fsp3) is 0.560. The molecule has 1 saturated carbocycles. The van der Waals surface area contributed by atoms with Crippen LogP contribution in [0.4, 0.5) is 11.8 Å². The van der Waals surface area contributed by atoms with E-state index in [-0.39, 0.29) is 5.91 Å². The number of carbonyl (C=O) groups excluding carboxylic acids is 1. The number of anilines is 2. The molecule has 1 aliphatic rings. The summed E-state index contributed by atoms with van der Waals surface area (Å²) in [5, 5.41) is 9.79. The number of nitrogens with zero attached hydrogens (tertiary/aromatic N) is 2. The number of aromatic nitrogens is 2. The maximum absolute atomic E-state index is 12.9. The molecule has 0 radical (unpaired) electrons. The van der Waals surface area contributed by atoms with Crippen molar-refractivity contribution >= 4 is 17.7 Å². The van der Waals surface area contributed by atoms with Crippen LogP contribution in [0.3, 0.4) is 0 Å². The molecule has 1 heterocycles. The van der Waals surface area contributed by atoms with Crippen LogP contribution < -0.4 is 21.7 Å². The minimum atomic E-state index is -0.399. The second-order valence-corrected chi connectivity index (χ2v) is 8.94. The lowest BCUT2D eigenvalue weighted by Gasteiger charge is -2.22. The van der Waals surface area contributed by atoms with Crippen LogP contribution in [0.15, 0.2) is 30.5 Å². The van der Waals surface area contributed by atoms with Crippen molar-refractivity contribution in [1.29, 1.82) is 0 Å². The van der Waals surface area contributed by atoms with Gasteiger partial charge in [0.05, 0.1) is 0 Å². The number of nitrogens with two attached hydrogens (primary N) is 1. The zero-order valence-electron chi connectivity index (χ0n) is 19.5. The van der Waals surface area contributed by atoms with E-state index < -0.39 is 6.04 Å². The second kappa shape index (κ2) is 12.4. The first kappa shape index (κ1) is 24.0. The van der Waals surface area contributed by atoms with Crippen molar-refractivity contribution in [2.24, 2.45) is 11.7 Å².